The summed E-state index contributed by atoms with van der Waals surface area (Å²) < 4.78 is 25.1. The number of aromatic carboxylic acids is 4. The molecule has 0 fully saturated rings. The standard InChI is InChI=1S/C61H90N10O16S3/c62-13-3-1-5-31-89-43-52(41-84-27-19-68(15-23-72)37-48-9-7-11-54(64-48)58(76)77)87-30-22-71(18-26-75)40-51-34-47(36-57(67-51)61(82)83)46-33-50(66-56(35-46)60(80)81)39-69(16-24-73)20-28-85-42-53(44-90-32-6-2-4-14-63-45-88)86-29-21-70(17-25-74)38-49-10-8-12-55(65-49)59(78)79/h7-12,33-36,52-53,72-75H,1-6,13-32,37-44,62H2,(H,76,77)(H,78,79)(H,80,81)(H,82,83)/t52-,53-/m0/s1. The lowest BCUT2D eigenvalue weighted by Gasteiger charge is -2.25. The molecule has 4 aromatic heterocycles. The van der Waals surface area contributed by atoms with Crippen LogP contribution >= 0.6 is 35.7 Å². The summed E-state index contributed by atoms with van der Waals surface area (Å²) in [6, 6.07) is 15.6. The fraction of sp³-hybridized carbons (Fsp3) is 0.590. The number of nitrogens with two attached hydrogens (primary N) is 1. The van der Waals surface area contributed by atoms with Gasteiger partial charge in [0.15, 0.2) is 0 Å². The van der Waals surface area contributed by atoms with Crippen molar-refractivity contribution in [2.24, 2.45) is 10.7 Å². The summed E-state index contributed by atoms with van der Waals surface area (Å²) in [6.07, 6.45) is 5.16. The van der Waals surface area contributed by atoms with Crippen molar-refractivity contribution in [3.63, 3.8) is 0 Å². The number of carboxylic acids is 4. The molecule has 498 valence electrons. The Bertz CT molecular complexity index is 2780. The Morgan fingerprint density at radius 2 is 0.878 bits per heavy atom. The molecule has 26 nitrogen and oxygen atoms in total. The quantitative estimate of drug-likeness (QED) is 0.0171. The van der Waals surface area contributed by atoms with Crippen molar-refractivity contribution in [3.05, 3.63) is 106 Å². The Hall–Kier alpha value is -5.54. The van der Waals surface area contributed by atoms with Crippen LogP contribution in [0.1, 0.15) is 103 Å². The molecule has 4 rings (SSSR count). The van der Waals surface area contributed by atoms with Gasteiger partial charge in [-0.05, 0) is 116 Å². The Morgan fingerprint density at radius 1 is 0.500 bits per heavy atom. The zero-order valence-corrected chi connectivity index (χ0v) is 53.6. The molecule has 0 saturated carbocycles. The highest BCUT2D eigenvalue weighted by Gasteiger charge is 2.21. The van der Waals surface area contributed by atoms with E-state index in [0.29, 0.717) is 117 Å². The molecule has 4 heterocycles. The Kier molecular flexibility index (Phi) is 39.7. The van der Waals surface area contributed by atoms with E-state index in [0.717, 1.165) is 50.0 Å². The first-order valence-corrected chi connectivity index (χ1v) is 32.9. The van der Waals surface area contributed by atoms with Crippen molar-refractivity contribution in [1.82, 2.24) is 39.5 Å². The maximum absolute atomic E-state index is 12.6. The summed E-state index contributed by atoms with van der Waals surface area (Å²) in [5, 5.41) is 81.6. The Labute approximate surface area is 540 Å². The van der Waals surface area contributed by atoms with Crippen LogP contribution in [0, 0.1) is 0 Å². The van der Waals surface area contributed by atoms with Crippen LogP contribution in [0.25, 0.3) is 11.1 Å². The van der Waals surface area contributed by atoms with Crippen molar-refractivity contribution in [2.75, 3.05) is 155 Å². The van der Waals surface area contributed by atoms with Gasteiger partial charge in [0.25, 0.3) is 0 Å². The van der Waals surface area contributed by atoms with Crippen LogP contribution in [0.3, 0.4) is 0 Å². The number of carbonyl (C=O) groups is 4. The Morgan fingerprint density at radius 3 is 1.26 bits per heavy atom. The van der Waals surface area contributed by atoms with Gasteiger partial charge < -0.3 is 65.5 Å². The fourth-order valence-electron chi connectivity index (χ4n) is 9.20. The Balaban J connectivity index is 1.43. The molecule has 4 aromatic rings. The molecular weight excluding hydrogens is 1220 g/mol. The number of isothiocyanates is 1. The highest BCUT2D eigenvalue weighted by Crippen LogP contribution is 2.25. The van der Waals surface area contributed by atoms with E-state index in [9.17, 15) is 60.0 Å². The normalized spacial score (nSPS) is 12.3. The fourth-order valence-corrected chi connectivity index (χ4v) is 11.4. The highest BCUT2D eigenvalue weighted by atomic mass is 32.2. The molecule has 0 amide bonds. The number of thiocarbonyl (C=S) groups is 1. The number of aliphatic hydroxyl groups is 4. The van der Waals surface area contributed by atoms with Gasteiger partial charge in [-0.2, -0.15) is 23.5 Å². The van der Waals surface area contributed by atoms with Gasteiger partial charge >= 0.3 is 23.9 Å². The zero-order valence-electron chi connectivity index (χ0n) is 51.1. The first-order valence-electron chi connectivity index (χ1n) is 30.2. The topological polar surface area (TPSA) is 370 Å². The van der Waals surface area contributed by atoms with Crippen LogP contribution in [-0.2, 0) is 45.1 Å². The van der Waals surface area contributed by atoms with Crippen molar-refractivity contribution >= 4 is 64.8 Å². The van der Waals surface area contributed by atoms with Gasteiger partial charge in [0.05, 0.1) is 106 Å². The minimum Gasteiger partial charge on any atom is -0.477 e. The van der Waals surface area contributed by atoms with Gasteiger partial charge in [-0.25, -0.2) is 44.1 Å². The molecule has 0 bridgehead atoms. The number of aromatic nitrogens is 4. The predicted molar refractivity (Wildman–Crippen MR) is 346 cm³/mol. The van der Waals surface area contributed by atoms with E-state index in [4.69, 9.17) is 24.7 Å². The van der Waals surface area contributed by atoms with E-state index >= 15 is 0 Å². The van der Waals surface area contributed by atoms with Crippen LogP contribution in [0.2, 0.25) is 0 Å². The first kappa shape index (κ1) is 76.9. The zero-order chi connectivity index (χ0) is 65.1. The lowest BCUT2D eigenvalue weighted by molar-refractivity contribution is -0.0176. The molecule has 2 atom stereocenters. The summed E-state index contributed by atoms with van der Waals surface area (Å²) in [5.41, 5.74) is 7.51. The van der Waals surface area contributed by atoms with Gasteiger partial charge in [-0.1, -0.05) is 25.0 Å². The molecule has 29 heteroatoms. The molecule has 0 spiro atoms. The lowest BCUT2D eigenvalue weighted by Crippen LogP contribution is -2.34. The second-order valence-corrected chi connectivity index (χ2v) is 23.4. The number of hydrogen-bond donors (Lipinski definition) is 9. The minimum absolute atomic E-state index is 0.0677. The van der Waals surface area contributed by atoms with Crippen molar-refractivity contribution < 1.29 is 79.0 Å². The van der Waals surface area contributed by atoms with Crippen molar-refractivity contribution in [2.45, 2.75) is 76.9 Å². The number of ether oxygens (including phenoxy) is 4. The van der Waals surface area contributed by atoms with Crippen LogP contribution in [-0.4, -0.2) is 276 Å². The monoisotopic (exact) mass is 1310 g/mol. The summed E-state index contributed by atoms with van der Waals surface area (Å²) in [6.45, 7) is 5.46. The van der Waals surface area contributed by atoms with E-state index in [1.807, 2.05) is 19.6 Å². The third-order valence-electron chi connectivity index (χ3n) is 13.7. The average molecular weight is 1320 g/mol. The van der Waals surface area contributed by atoms with Gasteiger partial charge in [0.2, 0.25) is 0 Å². The SMILES string of the molecule is NCCCCCSC[C@H](COCCN(CCO)Cc1cccc(C(=O)O)n1)OCCN(CCO)Cc1cc(-c2cc(CN(CCO)CCOC[C@@H](CSCCCCCN=C=S)OCCN(CCO)Cc3cccc(C(=O)O)n3)nc(C(=O)O)c2)cc(C(=O)O)n1. The van der Waals surface area contributed by atoms with E-state index < -0.39 is 23.9 Å². The average Bonchev–Trinajstić information content (AvgIpc) is 0.977. The van der Waals surface area contributed by atoms with Crippen LogP contribution in [0.4, 0.5) is 0 Å². The second kappa shape index (κ2) is 46.5. The molecule has 0 aliphatic rings. The van der Waals surface area contributed by atoms with Gasteiger partial charge in [0, 0.05) is 96.6 Å². The summed E-state index contributed by atoms with van der Waals surface area (Å²) in [5.74, 6) is -1.82. The third-order valence-corrected chi connectivity index (χ3v) is 16.2. The molecule has 0 unspecified atom stereocenters. The number of aliphatic hydroxyl groups excluding tert-OH is 4. The second-order valence-electron chi connectivity index (χ2n) is 20.9. The molecule has 0 aliphatic heterocycles. The molecule has 0 radical (unpaired) electrons. The van der Waals surface area contributed by atoms with Gasteiger partial charge in [-0.3, -0.25) is 19.6 Å². The smallest absolute Gasteiger partial charge is 0.354 e. The number of aliphatic imine (C=N–C) groups is 1. The number of pyridine rings is 4. The molecule has 90 heavy (non-hydrogen) atoms. The van der Waals surface area contributed by atoms with Gasteiger partial charge in [-0.15, -0.1) is 0 Å². The van der Waals surface area contributed by atoms with Gasteiger partial charge in [0.1, 0.15) is 22.8 Å². The maximum Gasteiger partial charge on any atom is 0.354 e. The number of unbranched alkanes of at least 4 members (excludes halogenated alkanes) is 4. The summed E-state index contributed by atoms with van der Waals surface area (Å²) >= 11 is 8.13. The predicted octanol–water partition coefficient (Wildman–Crippen LogP) is 3.98. The number of hydrogen-bond acceptors (Lipinski definition) is 25. The summed E-state index contributed by atoms with van der Waals surface area (Å²) in [7, 11) is 0. The molecular formula is C61H90N10O16S3. The lowest BCUT2D eigenvalue weighted by atomic mass is 10.0. The van der Waals surface area contributed by atoms with E-state index in [1.54, 1.807) is 59.9 Å². The van der Waals surface area contributed by atoms with Crippen molar-refractivity contribution in [3.8, 4) is 11.1 Å². The highest BCUT2D eigenvalue weighted by molar-refractivity contribution is 7.99. The summed E-state index contributed by atoms with van der Waals surface area (Å²) in [4.78, 5) is 77.1. The van der Waals surface area contributed by atoms with Crippen molar-refractivity contribution in [1.29, 1.82) is 0 Å². The molecule has 0 aromatic carbocycles. The largest absolute Gasteiger partial charge is 0.477 e. The number of carboxylic acid groups (broad SMARTS) is 4. The maximum atomic E-state index is 12.6. The molecule has 10 N–H and O–H groups in total. The molecule has 0 saturated heterocycles. The van der Waals surface area contributed by atoms with E-state index in [-0.39, 0.29) is 121 Å². The van der Waals surface area contributed by atoms with Crippen LogP contribution < -0.4 is 5.73 Å². The number of rotatable bonds is 54. The van der Waals surface area contributed by atoms with Crippen LogP contribution in [0.15, 0.2) is 65.7 Å². The number of nitrogens with zero attached hydrogens (tertiary/aromatic N) is 9. The van der Waals surface area contributed by atoms with Crippen LogP contribution in [0.5, 0.6) is 0 Å². The number of thioether (sulfide) groups is 2. The third kappa shape index (κ3) is 32.1. The minimum atomic E-state index is -1.31. The molecule has 0 aliphatic carbocycles. The first-order chi connectivity index (χ1) is 43.7. The van der Waals surface area contributed by atoms with E-state index in [2.05, 4.69) is 42.3 Å². The van der Waals surface area contributed by atoms with E-state index in [1.165, 1.54) is 24.3 Å².